The van der Waals surface area contributed by atoms with Crippen LogP contribution in [0.4, 0.5) is 4.79 Å². The summed E-state index contributed by atoms with van der Waals surface area (Å²) in [5, 5.41) is 12.9. The van der Waals surface area contributed by atoms with Crippen LogP contribution in [0.3, 0.4) is 0 Å². The molecule has 4 aromatic rings. The van der Waals surface area contributed by atoms with E-state index in [2.05, 4.69) is 5.32 Å². The van der Waals surface area contributed by atoms with Crippen molar-refractivity contribution in [3.05, 3.63) is 106 Å². The highest BCUT2D eigenvalue weighted by atomic mass is 16.4. The highest BCUT2D eigenvalue weighted by Crippen LogP contribution is 2.33. The van der Waals surface area contributed by atoms with E-state index in [1.54, 1.807) is 41.0 Å². The van der Waals surface area contributed by atoms with Crippen LogP contribution in [0.5, 0.6) is 0 Å². The Hall–Kier alpha value is -4.72. The van der Waals surface area contributed by atoms with Gasteiger partial charge in [0.05, 0.1) is 24.2 Å². The van der Waals surface area contributed by atoms with Crippen LogP contribution >= 0.6 is 0 Å². The molecule has 2 heterocycles. The molecular formula is C30H27N3O5. The molecule has 2 N–H and O–H groups in total. The number of fused-ring (bicyclic) bond motifs is 2. The Morgan fingerprint density at radius 2 is 1.50 bits per heavy atom. The molecule has 0 atom stereocenters. The SMILES string of the molecule is CC(C)Cn1c(CNC(=O)O)c(-c2ccccc2)c2cc(CN3C(=O)c4ccccc4C3=O)ccc2c1=O. The normalized spacial score (nSPS) is 12.9. The molecule has 3 aromatic carbocycles. The van der Waals surface area contributed by atoms with Crippen LogP contribution in [-0.2, 0) is 19.6 Å². The third-order valence-electron chi connectivity index (χ3n) is 6.68. The first kappa shape index (κ1) is 25.0. The van der Waals surface area contributed by atoms with Crippen molar-refractivity contribution < 1.29 is 19.5 Å². The number of rotatable bonds is 7. The summed E-state index contributed by atoms with van der Waals surface area (Å²) in [6, 6.07) is 21.5. The van der Waals surface area contributed by atoms with Crippen molar-refractivity contribution in [2.75, 3.05) is 0 Å². The van der Waals surface area contributed by atoms with Crippen LogP contribution in [0.2, 0.25) is 0 Å². The number of hydrogen-bond acceptors (Lipinski definition) is 4. The van der Waals surface area contributed by atoms with Gasteiger partial charge in [0, 0.05) is 23.2 Å². The summed E-state index contributed by atoms with van der Waals surface area (Å²) in [5.74, 6) is -0.564. The molecule has 192 valence electrons. The van der Waals surface area contributed by atoms with E-state index in [0.717, 1.165) is 11.1 Å². The summed E-state index contributed by atoms with van der Waals surface area (Å²) in [7, 11) is 0. The first-order valence-corrected chi connectivity index (χ1v) is 12.4. The summed E-state index contributed by atoms with van der Waals surface area (Å²) in [5.41, 5.74) is 3.34. The second-order valence-electron chi connectivity index (χ2n) is 9.78. The summed E-state index contributed by atoms with van der Waals surface area (Å²) in [4.78, 5) is 52.2. The third kappa shape index (κ3) is 4.45. The van der Waals surface area contributed by atoms with Crippen LogP contribution in [0.25, 0.3) is 21.9 Å². The molecule has 3 amide bonds. The van der Waals surface area contributed by atoms with Crippen molar-refractivity contribution in [1.29, 1.82) is 0 Å². The minimum atomic E-state index is -1.19. The van der Waals surface area contributed by atoms with E-state index in [1.165, 1.54) is 4.90 Å². The maximum Gasteiger partial charge on any atom is 0.404 e. The van der Waals surface area contributed by atoms with E-state index in [4.69, 9.17) is 0 Å². The molecule has 0 aliphatic carbocycles. The zero-order chi connectivity index (χ0) is 27.0. The lowest BCUT2D eigenvalue weighted by Crippen LogP contribution is -2.31. The predicted octanol–water partition coefficient (Wildman–Crippen LogP) is 4.89. The quantitative estimate of drug-likeness (QED) is 0.345. The van der Waals surface area contributed by atoms with Crippen molar-refractivity contribution in [3.8, 4) is 11.1 Å². The second kappa shape index (κ2) is 9.97. The van der Waals surface area contributed by atoms with Gasteiger partial charge in [-0.2, -0.15) is 0 Å². The van der Waals surface area contributed by atoms with Crippen LogP contribution in [0.15, 0.2) is 77.6 Å². The van der Waals surface area contributed by atoms with Crippen molar-refractivity contribution in [3.63, 3.8) is 0 Å². The topological polar surface area (TPSA) is 109 Å². The Balaban J connectivity index is 1.69. The largest absolute Gasteiger partial charge is 0.465 e. The number of nitrogens with zero attached hydrogens (tertiary/aromatic N) is 2. The number of nitrogens with one attached hydrogen (secondary N) is 1. The smallest absolute Gasteiger partial charge is 0.404 e. The minimum Gasteiger partial charge on any atom is -0.465 e. The number of imide groups is 1. The summed E-state index contributed by atoms with van der Waals surface area (Å²) in [6.07, 6.45) is -1.19. The average molecular weight is 510 g/mol. The van der Waals surface area contributed by atoms with Gasteiger partial charge >= 0.3 is 6.09 Å². The Bertz CT molecular complexity index is 1600. The summed E-state index contributed by atoms with van der Waals surface area (Å²) in [6.45, 7) is 4.41. The van der Waals surface area contributed by atoms with Gasteiger partial charge in [0.1, 0.15) is 0 Å². The van der Waals surface area contributed by atoms with Crippen LogP contribution in [-0.4, -0.2) is 32.5 Å². The fourth-order valence-corrected chi connectivity index (χ4v) is 5.04. The van der Waals surface area contributed by atoms with E-state index < -0.39 is 6.09 Å². The van der Waals surface area contributed by atoms with Crippen molar-refractivity contribution in [1.82, 2.24) is 14.8 Å². The molecule has 0 radical (unpaired) electrons. The van der Waals surface area contributed by atoms with Gasteiger partial charge < -0.3 is 15.0 Å². The molecule has 1 aliphatic rings. The standard InChI is InChI=1S/C30H27N3O5/c1-18(2)16-32-25(15-31-30(37)38)26(20-8-4-3-5-9-20)24-14-19(12-13-23(24)27(32)34)17-33-28(35)21-10-6-7-11-22(21)29(33)36/h3-14,18,31H,15-17H2,1-2H3,(H,37,38). The molecule has 0 fully saturated rings. The maximum atomic E-state index is 13.7. The number of carbonyl (C=O) groups excluding carboxylic acids is 2. The Morgan fingerprint density at radius 3 is 2.11 bits per heavy atom. The maximum absolute atomic E-state index is 13.7. The molecule has 8 nitrogen and oxygen atoms in total. The van der Waals surface area contributed by atoms with E-state index in [0.29, 0.717) is 39.7 Å². The summed E-state index contributed by atoms with van der Waals surface area (Å²) < 4.78 is 1.65. The molecule has 0 saturated heterocycles. The van der Waals surface area contributed by atoms with Crippen LogP contribution in [0, 0.1) is 5.92 Å². The molecular weight excluding hydrogens is 482 g/mol. The van der Waals surface area contributed by atoms with E-state index in [9.17, 15) is 24.3 Å². The lowest BCUT2D eigenvalue weighted by molar-refractivity contribution is 0.0642. The molecule has 38 heavy (non-hydrogen) atoms. The highest BCUT2D eigenvalue weighted by molar-refractivity contribution is 6.21. The molecule has 0 bridgehead atoms. The lowest BCUT2D eigenvalue weighted by Gasteiger charge is -2.22. The molecule has 1 aromatic heterocycles. The van der Waals surface area contributed by atoms with E-state index >= 15 is 0 Å². The fraction of sp³-hybridized carbons (Fsp3) is 0.200. The number of carboxylic acid groups (broad SMARTS) is 1. The van der Waals surface area contributed by atoms with Crippen LogP contribution in [0.1, 0.15) is 45.8 Å². The third-order valence-corrected chi connectivity index (χ3v) is 6.68. The fourth-order valence-electron chi connectivity index (χ4n) is 5.04. The van der Waals surface area contributed by atoms with Gasteiger partial charge in [-0.05, 0) is 46.7 Å². The zero-order valence-electron chi connectivity index (χ0n) is 21.1. The molecule has 5 rings (SSSR count). The van der Waals surface area contributed by atoms with Gasteiger partial charge in [-0.25, -0.2) is 4.79 Å². The minimum absolute atomic E-state index is 0.0499. The number of hydrogen-bond donors (Lipinski definition) is 2. The first-order chi connectivity index (χ1) is 18.3. The highest BCUT2D eigenvalue weighted by Gasteiger charge is 2.35. The van der Waals surface area contributed by atoms with E-state index in [-0.39, 0.29) is 36.4 Å². The Labute approximate surface area is 219 Å². The van der Waals surface area contributed by atoms with Crippen molar-refractivity contribution in [2.45, 2.75) is 33.5 Å². The first-order valence-electron chi connectivity index (χ1n) is 12.4. The van der Waals surface area contributed by atoms with Crippen molar-refractivity contribution >= 4 is 28.7 Å². The monoisotopic (exact) mass is 509 g/mol. The number of carbonyl (C=O) groups is 3. The lowest BCUT2D eigenvalue weighted by atomic mass is 9.94. The van der Waals surface area contributed by atoms with Gasteiger partial charge in [0.2, 0.25) is 0 Å². The molecule has 1 aliphatic heterocycles. The Morgan fingerprint density at radius 1 is 0.868 bits per heavy atom. The average Bonchev–Trinajstić information content (AvgIpc) is 3.14. The van der Waals surface area contributed by atoms with Crippen molar-refractivity contribution in [2.24, 2.45) is 5.92 Å². The van der Waals surface area contributed by atoms with Gasteiger partial charge in [-0.3, -0.25) is 19.3 Å². The number of benzene rings is 3. The van der Waals surface area contributed by atoms with Gasteiger partial charge in [0.15, 0.2) is 0 Å². The number of pyridine rings is 1. The number of amides is 3. The molecule has 0 saturated carbocycles. The van der Waals surface area contributed by atoms with Gasteiger partial charge in [0.25, 0.3) is 17.4 Å². The molecule has 0 unspecified atom stereocenters. The van der Waals surface area contributed by atoms with Gasteiger partial charge in [-0.15, -0.1) is 0 Å². The van der Waals surface area contributed by atoms with Crippen LogP contribution < -0.4 is 10.9 Å². The summed E-state index contributed by atoms with van der Waals surface area (Å²) >= 11 is 0. The molecule has 8 heteroatoms. The second-order valence-corrected chi connectivity index (χ2v) is 9.78. The number of aromatic nitrogens is 1. The zero-order valence-corrected chi connectivity index (χ0v) is 21.1. The van der Waals surface area contributed by atoms with Gasteiger partial charge in [-0.1, -0.05) is 62.4 Å². The predicted molar refractivity (Wildman–Crippen MR) is 144 cm³/mol. The van der Waals surface area contributed by atoms with E-state index in [1.807, 2.05) is 50.2 Å². The Kier molecular flexibility index (Phi) is 6.55. The molecule has 0 spiro atoms.